The summed E-state index contributed by atoms with van der Waals surface area (Å²) in [5, 5.41) is 10.7. The molecule has 0 aliphatic heterocycles. The van der Waals surface area contributed by atoms with Gasteiger partial charge in [0.2, 0.25) is 0 Å². The van der Waals surface area contributed by atoms with Crippen LogP contribution >= 0.6 is 11.6 Å². The van der Waals surface area contributed by atoms with Crippen molar-refractivity contribution in [3.8, 4) is 0 Å². The van der Waals surface area contributed by atoms with Gasteiger partial charge in [-0.05, 0) is 25.3 Å². The molecule has 21 heavy (non-hydrogen) atoms. The van der Waals surface area contributed by atoms with Crippen LogP contribution in [0, 0.1) is 0 Å². The van der Waals surface area contributed by atoms with Crippen molar-refractivity contribution in [2.75, 3.05) is 13.2 Å². The first kappa shape index (κ1) is 19.2. The molecule has 4 heteroatoms. The molecule has 3 nitrogen and oxygen atoms in total. The number of ether oxygens (including phenoxy) is 1. The molecule has 114 valence electrons. The van der Waals surface area contributed by atoms with E-state index in [1.165, 1.54) is 5.39 Å². The highest BCUT2D eigenvalue weighted by Gasteiger charge is 1.94. The number of hydrogen-bond donors (Lipinski definition) is 1. The van der Waals surface area contributed by atoms with Crippen LogP contribution < -0.4 is 0 Å². The number of esters is 1. The molecule has 0 saturated heterocycles. The fourth-order valence-electron chi connectivity index (χ4n) is 1.39. The van der Waals surface area contributed by atoms with E-state index in [-0.39, 0.29) is 12.6 Å². The van der Waals surface area contributed by atoms with Crippen molar-refractivity contribution in [2.45, 2.75) is 13.8 Å². The Kier molecular flexibility index (Phi) is 10.9. The van der Waals surface area contributed by atoms with Crippen LogP contribution in [0.1, 0.15) is 13.8 Å². The molecule has 0 spiro atoms. The fraction of sp³-hybridized carbons (Fsp3) is 0.235. The number of fused-ring (bicyclic) bond motifs is 1. The van der Waals surface area contributed by atoms with Gasteiger partial charge in [-0.2, -0.15) is 0 Å². The Morgan fingerprint density at radius 1 is 1.24 bits per heavy atom. The Hall–Kier alpha value is -1.84. The third kappa shape index (κ3) is 8.12. The quantitative estimate of drug-likeness (QED) is 0.667. The number of carbonyl (C=O) groups excluding carboxylic acids is 1. The van der Waals surface area contributed by atoms with Gasteiger partial charge in [0.05, 0.1) is 6.61 Å². The zero-order valence-corrected chi connectivity index (χ0v) is 13.1. The van der Waals surface area contributed by atoms with Crippen molar-refractivity contribution >= 4 is 28.3 Å². The van der Waals surface area contributed by atoms with Crippen molar-refractivity contribution in [3.05, 3.63) is 60.1 Å². The first-order chi connectivity index (χ1) is 10.1. The summed E-state index contributed by atoms with van der Waals surface area (Å²) in [4.78, 5) is 10.1. The summed E-state index contributed by atoms with van der Waals surface area (Å²) < 4.78 is 4.43. The SMILES string of the molecule is C=CC(=O)OCC.CCO.Clc1cccc2ccccc12. The van der Waals surface area contributed by atoms with Gasteiger partial charge in [0.1, 0.15) is 0 Å². The molecule has 0 aliphatic carbocycles. The van der Waals surface area contributed by atoms with E-state index < -0.39 is 0 Å². The van der Waals surface area contributed by atoms with Crippen LogP contribution in [0.3, 0.4) is 0 Å². The summed E-state index contributed by atoms with van der Waals surface area (Å²) in [7, 11) is 0. The number of halogens is 1. The van der Waals surface area contributed by atoms with Crippen LogP contribution in [0.4, 0.5) is 0 Å². The van der Waals surface area contributed by atoms with Crippen LogP contribution in [-0.4, -0.2) is 24.3 Å². The molecule has 0 fully saturated rings. The number of carbonyl (C=O) groups is 1. The molecule has 0 bridgehead atoms. The van der Waals surface area contributed by atoms with E-state index in [1.54, 1.807) is 13.8 Å². The van der Waals surface area contributed by atoms with Crippen LogP contribution in [0.5, 0.6) is 0 Å². The summed E-state index contributed by atoms with van der Waals surface area (Å²) >= 11 is 5.96. The Balaban J connectivity index is 0.000000348. The normalized spacial score (nSPS) is 8.76. The van der Waals surface area contributed by atoms with Gasteiger partial charge in [-0.1, -0.05) is 54.6 Å². The van der Waals surface area contributed by atoms with E-state index in [2.05, 4.69) is 23.4 Å². The molecule has 0 aliphatic rings. The number of hydrogen-bond acceptors (Lipinski definition) is 3. The second-order valence-electron chi connectivity index (χ2n) is 3.73. The molecular weight excluding hydrogens is 288 g/mol. The van der Waals surface area contributed by atoms with Gasteiger partial charge >= 0.3 is 5.97 Å². The monoisotopic (exact) mass is 308 g/mol. The standard InChI is InChI=1S/C10H7Cl.C5H8O2.C2H6O/c11-10-7-3-5-8-4-1-2-6-9(8)10;1-3-5(6)7-4-2;1-2-3/h1-7H;3H,1,4H2,2H3;3H,2H2,1H3. The highest BCUT2D eigenvalue weighted by atomic mass is 35.5. The summed E-state index contributed by atoms with van der Waals surface area (Å²) in [5.74, 6) is -0.359. The van der Waals surface area contributed by atoms with Crippen molar-refractivity contribution in [1.29, 1.82) is 0 Å². The van der Waals surface area contributed by atoms with Gasteiger partial charge in [0.15, 0.2) is 0 Å². The van der Waals surface area contributed by atoms with E-state index in [0.29, 0.717) is 6.61 Å². The molecule has 0 saturated carbocycles. The largest absolute Gasteiger partial charge is 0.463 e. The maximum Gasteiger partial charge on any atom is 0.330 e. The van der Waals surface area contributed by atoms with E-state index >= 15 is 0 Å². The maximum atomic E-state index is 10.1. The Morgan fingerprint density at radius 2 is 1.81 bits per heavy atom. The average molecular weight is 309 g/mol. The average Bonchev–Trinajstić information content (AvgIpc) is 2.49. The molecule has 2 rings (SSSR count). The van der Waals surface area contributed by atoms with Gasteiger partial charge in [0, 0.05) is 23.1 Å². The maximum absolute atomic E-state index is 10.1. The van der Waals surface area contributed by atoms with Crippen LogP contribution in [0.15, 0.2) is 55.1 Å². The van der Waals surface area contributed by atoms with Crippen LogP contribution in [0.2, 0.25) is 5.02 Å². The van der Waals surface area contributed by atoms with Gasteiger partial charge in [0.25, 0.3) is 0 Å². The number of benzene rings is 2. The lowest BCUT2D eigenvalue weighted by atomic mass is 10.1. The fourth-order valence-corrected chi connectivity index (χ4v) is 1.63. The van der Waals surface area contributed by atoms with Crippen LogP contribution in [-0.2, 0) is 9.53 Å². The Morgan fingerprint density at radius 3 is 2.29 bits per heavy atom. The van der Waals surface area contributed by atoms with Crippen molar-refractivity contribution in [3.63, 3.8) is 0 Å². The highest BCUT2D eigenvalue weighted by molar-refractivity contribution is 6.35. The number of aliphatic hydroxyl groups excluding tert-OH is 1. The second-order valence-corrected chi connectivity index (χ2v) is 4.14. The van der Waals surface area contributed by atoms with Gasteiger partial charge in [-0.15, -0.1) is 0 Å². The number of aliphatic hydroxyl groups is 1. The molecule has 0 heterocycles. The minimum absolute atomic E-state index is 0.250. The molecule has 0 aromatic heterocycles. The molecule has 0 unspecified atom stereocenters. The summed E-state index contributed by atoms with van der Waals surface area (Å²) in [6.07, 6.45) is 1.14. The molecule has 1 N–H and O–H groups in total. The third-order valence-corrected chi connectivity index (χ3v) is 2.52. The predicted molar refractivity (Wildman–Crippen MR) is 88.5 cm³/mol. The van der Waals surface area contributed by atoms with E-state index in [0.717, 1.165) is 16.5 Å². The Labute approximate surface area is 130 Å². The summed E-state index contributed by atoms with van der Waals surface area (Å²) in [6, 6.07) is 14.0. The van der Waals surface area contributed by atoms with Gasteiger partial charge in [-0.25, -0.2) is 4.79 Å². The lowest BCUT2D eigenvalue weighted by Crippen LogP contribution is -1.97. The van der Waals surface area contributed by atoms with Crippen LogP contribution in [0.25, 0.3) is 10.8 Å². The summed E-state index contributed by atoms with van der Waals surface area (Å²) in [6.45, 7) is 7.31. The first-order valence-corrected chi connectivity index (χ1v) is 7.01. The summed E-state index contributed by atoms with van der Waals surface area (Å²) in [5.41, 5.74) is 0. The lowest BCUT2D eigenvalue weighted by Gasteiger charge is -1.97. The van der Waals surface area contributed by atoms with E-state index in [4.69, 9.17) is 16.7 Å². The third-order valence-electron chi connectivity index (χ3n) is 2.19. The van der Waals surface area contributed by atoms with Gasteiger partial charge in [-0.3, -0.25) is 0 Å². The van der Waals surface area contributed by atoms with Crippen molar-refractivity contribution in [1.82, 2.24) is 0 Å². The molecule has 0 atom stereocenters. The molecule has 0 radical (unpaired) electrons. The zero-order valence-electron chi connectivity index (χ0n) is 12.4. The zero-order chi connectivity index (χ0) is 16.1. The smallest absolute Gasteiger partial charge is 0.330 e. The first-order valence-electron chi connectivity index (χ1n) is 6.63. The second kappa shape index (κ2) is 11.9. The van der Waals surface area contributed by atoms with E-state index in [9.17, 15) is 4.79 Å². The predicted octanol–water partition coefficient (Wildman–Crippen LogP) is 4.23. The minimum atomic E-state index is -0.359. The molecule has 2 aromatic rings. The topological polar surface area (TPSA) is 46.5 Å². The minimum Gasteiger partial charge on any atom is -0.463 e. The lowest BCUT2D eigenvalue weighted by molar-refractivity contribution is -0.137. The molecule has 0 amide bonds. The van der Waals surface area contributed by atoms with E-state index in [1.807, 2.05) is 30.3 Å². The Bertz CT molecular complexity index is 547. The molecular formula is C17H21ClO3. The highest BCUT2D eigenvalue weighted by Crippen LogP contribution is 2.21. The van der Waals surface area contributed by atoms with Crippen molar-refractivity contribution in [2.24, 2.45) is 0 Å². The van der Waals surface area contributed by atoms with Gasteiger partial charge < -0.3 is 9.84 Å². The number of rotatable bonds is 2. The molecule has 2 aromatic carbocycles. The van der Waals surface area contributed by atoms with Crippen molar-refractivity contribution < 1.29 is 14.6 Å².